The van der Waals surface area contributed by atoms with Crippen LogP contribution < -0.4 is 5.32 Å². The molecule has 15 heavy (non-hydrogen) atoms. The molecule has 0 fully saturated rings. The first-order chi connectivity index (χ1) is 7.16. The number of nitrogens with zero attached hydrogens (tertiary/aromatic N) is 1. The number of carbonyl (C=O) groups excluding carboxylic acids is 1. The van der Waals surface area contributed by atoms with Gasteiger partial charge in [-0.25, -0.2) is 4.98 Å². The molecule has 2 heterocycles. The summed E-state index contributed by atoms with van der Waals surface area (Å²) in [5.41, 5.74) is 0.529. The Morgan fingerprint density at radius 2 is 2.47 bits per heavy atom. The Kier molecular flexibility index (Phi) is 2.88. The minimum absolute atomic E-state index is 0.205. The van der Waals surface area contributed by atoms with E-state index in [1.165, 1.54) is 17.6 Å². The zero-order chi connectivity index (χ0) is 10.8. The van der Waals surface area contributed by atoms with E-state index in [0.29, 0.717) is 16.5 Å². The number of halogens is 1. The summed E-state index contributed by atoms with van der Waals surface area (Å²) in [5.74, 6) is 0.395. The summed E-state index contributed by atoms with van der Waals surface area (Å²) in [6, 6.07) is 1.63. The van der Waals surface area contributed by atoms with Gasteiger partial charge in [0.2, 0.25) is 0 Å². The zero-order valence-corrected chi connectivity index (χ0v) is 10.2. The maximum atomic E-state index is 11.7. The SMILES string of the molecule is Cc1occc1C(=O)Nc1ncc(Br)s1. The van der Waals surface area contributed by atoms with Crippen LogP contribution in [0.1, 0.15) is 16.1 Å². The number of hydrogen-bond acceptors (Lipinski definition) is 4. The normalized spacial score (nSPS) is 10.3. The van der Waals surface area contributed by atoms with Crippen molar-refractivity contribution in [2.24, 2.45) is 0 Å². The first-order valence-corrected chi connectivity index (χ1v) is 5.74. The van der Waals surface area contributed by atoms with Crippen molar-refractivity contribution >= 4 is 38.3 Å². The van der Waals surface area contributed by atoms with Gasteiger partial charge in [0, 0.05) is 0 Å². The number of furan rings is 1. The van der Waals surface area contributed by atoms with Crippen molar-refractivity contribution in [2.45, 2.75) is 6.92 Å². The molecule has 2 aromatic heterocycles. The van der Waals surface area contributed by atoms with Crippen molar-refractivity contribution in [1.29, 1.82) is 0 Å². The van der Waals surface area contributed by atoms with Crippen LogP contribution in [-0.4, -0.2) is 10.9 Å². The number of thiazole rings is 1. The Morgan fingerprint density at radius 3 is 3.00 bits per heavy atom. The molecule has 0 spiro atoms. The maximum absolute atomic E-state index is 11.7. The summed E-state index contributed by atoms with van der Waals surface area (Å²) in [6.45, 7) is 1.74. The second kappa shape index (κ2) is 4.16. The molecule has 0 aliphatic carbocycles. The van der Waals surface area contributed by atoms with Crippen molar-refractivity contribution < 1.29 is 9.21 Å². The number of anilines is 1. The lowest BCUT2D eigenvalue weighted by molar-refractivity contribution is 0.102. The maximum Gasteiger partial charge on any atom is 0.260 e. The Bertz CT molecular complexity index is 492. The highest BCUT2D eigenvalue weighted by Gasteiger charge is 2.12. The average molecular weight is 287 g/mol. The highest BCUT2D eigenvalue weighted by atomic mass is 79.9. The van der Waals surface area contributed by atoms with Gasteiger partial charge in [-0.1, -0.05) is 11.3 Å². The van der Waals surface area contributed by atoms with Gasteiger partial charge in [-0.15, -0.1) is 0 Å². The van der Waals surface area contributed by atoms with Crippen molar-refractivity contribution in [1.82, 2.24) is 4.98 Å². The fourth-order valence-electron chi connectivity index (χ4n) is 1.10. The summed E-state index contributed by atoms with van der Waals surface area (Å²) in [4.78, 5) is 15.7. The summed E-state index contributed by atoms with van der Waals surface area (Å²) in [5, 5.41) is 3.25. The third-order valence-corrected chi connectivity index (χ3v) is 3.19. The predicted molar refractivity (Wildman–Crippen MR) is 61.2 cm³/mol. The molecule has 0 aromatic carbocycles. The molecule has 6 heteroatoms. The van der Waals surface area contributed by atoms with Crippen LogP contribution >= 0.6 is 27.3 Å². The van der Waals surface area contributed by atoms with Crippen LogP contribution in [0.25, 0.3) is 0 Å². The highest BCUT2D eigenvalue weighted by Crippen LogP contribution is 2.23. The van der Waals surface area contributed by atoms with Gasteiger partial charge in [0.1, 0.15) is 5.76 Å². The van der Waals surface area contributed by atoms with Gasteiger partial charge >= 0.3 is 0 Å². The van der Waals surface area contributed by atoms with Crippen LogP contribution in [0.5, 0.6) is 0 Å². The van der Waals surface area contributed by atoms with Gasteiger partial charge in [-0.3, -0.25) is 10.1 Å². The number of amides is 1. The molecular weight excluding hydrogens is 280 g/mol. The fraction of sp³-hybridized carbons (Fsp3) is 0.111. The van der Waals surface area contributed by atoms with E-state index in [0.717, 1.165) is 3.79 Å². The number of carbonyl (C=O) groups is 1. The standard InChI is InChI=1S/C9H7BrN2O2S/c1-5-6(2-3-14-5)8(13)12-9-11-4-7(10)15-9/h2-4H,1H3,(H,11,12,13). The lowest BCUT2D eigenvalue weighted by atomic mass is 10.2. The van der Waals surface area contributed by atoms with Gasteiger partial charge in [0.15, 0.2) is 5.13 Å². The Balaban J connectivity index is 2.14. The van der Waals surface area contributed by atoms with Crippen LogP contribution in [0, 0.1) is 6.92 Å². The van der Waals surface area contributed by atoms with E-state index in [-0.39, 0.29) is 5.91 Å². The van der Waals surface area contributed by atoms with E-state index >= 15 is 0 Å². The Hall–Kier alpha value is -1.14. The van der Waals surface area contributed by atoms with Crippen molar-refractivity contribution in [2.75, 3.05) is 5.32 Å². The molecule has 0 unspecified atom stereocenters. The van der Waals surface area contributed by atoms with Gasteiger partial charge in [-0.2, -0.15) is 0 Å². The summed E-state index contributed by atoms with van der Waals surface area (Å²) < 4.78 is 5.92. The zero-order valence-electron chi connectivity index (χ0n) is 7.78. The smallest absolute Gasteiger partial charge is 0.260 e. The van der Waals surface area contributed by atoms with Gasteiger partial charge < -0.3 is 4.42 Å². The van der Waals surface area contributed by atoms with E-state index < -0.39 is 0 Å². The molecule has 2 rings (SSSR count). The highest BCUT2D eigenvalue weighted by molar-refractivity contribution is 9.11. The summed E-state index contributed by atoms with van der Waals surface area (Å²) in [7, 11) is 0. The predicted octanol–water partition coefficient (Wildman–Crippen LogP) is 3.06. The minimum Gasteiger partial charge on any atom is -0.469 e. The first kappa shape index (κ1) is 10.4. The van der Waals surface area contributed by atoms with Gasteiger partial charge in [0.05, 0.1) is 21.8 Å². The molecule has 0 atom stereocenters. The van der Waals surface area contributed by atoms with E-state index in [4.69, 9.17) is 4.42 Å². The van der Waals surface area contributed by atoms with Gasteiger partial charge in [-0.05, 0) is 28.9 Å². The molecular formula is C9H7BrN2O2S. The quantitative estimate of drug-likeness (QED) is 0.923. The third-order valence-electron chi connectivity index (χ3n) is 1.80. The van der Waals surface area contributed by atoms with Crippen LogP contribution in [0.3, 0.4) is 0 Å². The molecule has 0 bridgehead atoms. The molecule has 0 aliphatic heterocycles. The van der Waals surface area contributed by atoms with Crippen molar-refractivity contribution in [3.63, 3.8) is 0 Å². The summed E-state index contributed by atoms with van der Waals surface area (Å²) in [6.07, 6.45) is 3.13. The van der Waals surface area contributed by atoms with E-state index in [9.17, 15) is 4.79 Å². The fourth-order valence-corrected chi connectivity index (χ4v) is 2.20. The average Bonchev–Trinajstić information content (AvgIpc) is 2.75. The number of rotatable bonds is 2. The second-order valence-corrected chi connectivity index (χ2v) is 5.22. The van der Waals surface area contributed by atoms with Crippen LogP contribution in [-0.2, 0) is 0 Å². The van der Waals surface area contributed by atoms with Crippen LogP contribution in [0.15, 0.2) is 26.7 Å². The lowest BCUT2D eigenvalue weighted by Crippen LogP contribution is -2.11. The van der Waals surface area contributed by atoms with E-state index in [2.05, 4.69) is 26.2 Å². The molecule has 0 aliphatic rings. The molecule has 78 valence electrons. The largest absolute Gasteiger partial charge is 0.469 e. The number of aryl methyl sites for hydroxylation is 1. The lowest BCUT2D eigenvalue weighted by Gasteiger charge is -1.98. The minimum atomic E-state index is -0.205. The Labute approximate surface area is 98.5 Å². The topological polar surface area (TPSA) is 55.1 Å². The molecule has 1 amide bonds. The van der Waals surface area contributed by atoms with Crippen LogP contribution in [0.2, 0.25) is 0 Å². The monoisotopic (exact) mass is 286 g/mol. The third kappa shape index (κ3) is 2.27. The first-order valence-electron chi connectivity index (χ1n) is 4.13. The molecule has 2 aromatic rings. The van der Waals surface area contributed by atoms with Crippen molar-refractivity contribution in [3.05, 3.63) is 33.6 Å². The summed E-state index contributed by atoms with van der Waals surface area (Å²) >= 11 is 4.63. The Morgan fingerprint density at radius 1 is 1.67 bits per heavy atom. The van der Waals surface area contributed by atoms with Crippen LogP contribution in [0.4, 0.5) is 5.13 Å². The van der Waals surface area contributed by atoms with E-state index in [1.54, 1.807) is 19.2 Å². The van der Waals surface area contributed by atoms with Gasteiger partial charge in [0.25, 0.3) is 5.91 Å². The molecule has 0 saturated heterocycles. The number of nitrogens with one attached hydrogen (secondary N) is 1. The second-order valence-electron chi connectivity index (χ2n) is 2.81. The van der Waals surface area contributed by atoms with Crippen molar-refractivity contribution in [3.8, 4) is 0 Å². The molecule has 1 N–H and O–H groups in total. The molecule has 0 radical (unpaired) electrons. The molecule has 4 nitrogen and oxygen atoms in total. The number of hydrogen-bond donors (Lipinski definition) is 1. The molecule has 0 saturated carbocycles. The number of aromatic nitrogens is 1. The van der Waals surface area contributed by atoms with E-state index in [1.807, 2.05) is 0 Å².